The molecular formula is C13H19BrClN3O. The van der Waals surface area contributed by atoms with Gasteiger partial charge >= 0.3 is 0 Å². The van der Waals surface area contributed by atoms with Crippen LogP contribution in [0, 0.1) is 0 Å². The van der Waals surface area contributed by atoms with Crippen molar-refractivity contribution in [3.8, 4) is 0 Å². The van der Waals surface area contributed by atoms with E-state index in [0.29, 0.717) is 17.7 Å². The van der Waals surface area contributed by atoms with E-state index in [9.17, 15) is 0 Å². The second-order valence-corrected chi connectivity index (χ2v) is 5.95. The number of ether oxygens (including phenoxy) is 1. The zero-order valence-electron chi connectivity index (χ0n) is 10.8. The number of hydrogen-bond donors (Lipinski definition) is 1. The lowest BCUT2D eigenvalue weighted by Gasteiger charge is -2.33. The van der Waals surface area contributed by atoms with Gasteiger partial charge in [0.15, 0.2) is 0 Å². The van der Waals surface area contributed by atoms with Crippen LogP contribution in [-0.4, -0.2) is 37.3 Å². The predicted octanol–water partition coefficient (Wildman–Crippen LogP) is 2.83. The van der Waals surface area contributed by atoms with Gasteiger partial charge in [-0.3, -0.25) is 0 Å². The fourth-order valence-corrected chi connectivity index (χ4v) is 3.10. The summed E-state index contributed by atoms with van der Waals surface area (Å²) in [5.41, 5.74) is 5.46. The van der Waals surface area contributed by atoms with Crippen LogP contribution in [0.15, 0.2) is 16.7 Å². The molecule has 19 heavy (non-hydrogen) atoms. The second kappa shape index (κ2) is 7.43. The molecular weight excluding hydrogens is 330 g/mol. The molecule has 0 unspecified atom stereocenters. The van der Waals surface area contributed by atoms with Crippen molar-refractivity contribution < 1.29 is 4.74 Å². The smallest absolute Gasteiger partial charge is 0.142 e. The van der Waals surface area contributed by atoms with Gasteiger partial charge in [0, 0.05) is 25.9 Å². The summed E-state index contributed by atoms with van der Waals surface area (Å²) in [6.45, 7) is 3.38. The third-order valence-corrected chi connectivity index (χ3v) is 4.02. The van der Waals surface area contributed by atoms with Gasteiger partial charge in [0.05, 0.1) is 15.6 Å². The standard InChI is InChI=1S/C13H19BrClN3O/c14-12-8-10(15)9-17-13(12)18-5-2-11(3-6-18)19-7-1-4-16/h8-9,11H,1-7,16H2. The molecule has 1 saturated heterocycles. The van der Waals surface area contributed by atoms with Crippen LogP contribution < -0.4 is 10.6 Å². The largest absolute Gasteiger partial charge is 0.378 e. The number of nitrogens with two attached hydrogens (primary N) is 1. The number of hydrogen-bond acceptors (Lipinski definition) is 4. The molecule has 0 aliphatic carbocycles. The number of nitrogens with zero attached hydrogens (tertiary/aromatic N) is 2. The Kier molecular flexibility index (Phi) is 5.88. The SMILES string of the molecule is NCCCOC1CCN(c2ncc(Cl)cc2Br)CC1. The fourth-order valence-electron chi connectivity index (χ4n) is 2.21. The molecule has 0 atom stereocenters. The molecule has 2 rings (SSSR count). The minimum atomic E-state index is 0.355. The summed E-state index contributed by atoms with van der Waals surface area (Å²) >= 11 is 9.42. The van der Waals surface area contributed by atoms with Crippen molar-refractivity contribution in [3.05, 3.63) is 21.8 Å². The Labute approximate surface area is 127 Å². The summed E-state index contributed by atoms with van der Waals surface area (Å²) < 4.78 is 6.74. The molecule has 0 aromatic carbocycles. The van der Waals surface area contributed by atoms with E-state index in [0.717, 1.165) is 49.2 Å². The van der Waals surface area contributed by atoms with E-state index in [1.807, 2.05) is 6.07 Å². The van der Waals surface area contributed by atoms with Gasteiger partial charge in [0.2, 0.25) is 0 Å². The first-order chi connectivity index (χ1) is 9.20. The van der Waals surface area contributed by atoms with Gasteiger partial charge in [-0.15, -0.1) is 0 Å². The van der Waals surface area contributed by atoms with Crippen LogP contribution in [0.2, 0.25) is 5.02 Å². The van der Waals surface area contributed by atoms with E-state index in [4.69, 9.17) is 22.1 Å². The Hall–Kier alpha value is -0.360. The van der Waals surface area contributed by atoms with Crippen molar-refractivity contribution >= 4 is 33.3 Å². The molecule has 0 bridgehead atoms. The highest BCUT2D eigenvalue weighted by Crippen LogP contribution is 2.29. The average Bonchev–Trinajstić information content (AvgIpc) is 2.40. The monoisotopic (exact) mass is 347 g/mol. The number of anilines is 1. The van der Waals surface area contributed by atoms with Crippen LogP contribution in [-0.2, 0) is 4.74 Å². The van der Waals surface area contributed by atoms with Crippen molar-refractivity contribution in [1.29, 1.82) is 0 Å². The van der Waals surface area contributed by atoms with Gasteiger partial charge in [-0.25, -0.2) is 4.98 Å². The first kappa shape index (κ1) is 15.0. The van der Waals surface area contributed by atoms with E-state index >= 15 is 0 Å². The minimum absolute atomic E-state index is 0.355. The molecule has 0 radical (unpaired) electrons. The Bertz CT molecular complexity index is 411. The van der Waals surface area contributed by atoms with E-state index in [2.05, 4.69) is 25.8 Å². The molecule has 1 aliphatic rings. The third kappa shape index (κ3) is 4.31. The number of rotatable bonds is 5. The summed E-state index contributed by atoms with van der Waals surface area (Å²) in [6.07, 6.45) is 5.03. The maximum atomic E-state index is 5.91. The zero-order chi connectivity index (χ0) is 13.7. The molecule has 2 N–H and O–H groups in total. The quantitative estimate of drug-likeness (QED) is 0.831. The molecule has 106 valence electrons. The highest BCUT2D eigenvalue weighted by molar-refractivity contribution is 9.10. The minimum Gasteiger partial charge on any atom is -0.378 e. The molecule has 1 aliphatic heterocycles. The van der Waals surface area contributed by atoms with E-state index in [1.54, 1.807) is 6.20 Å². The fraction of sp³-hybridized carbons (Fsp3) is 0.615. The van der Waals surface area contributed by atoms with E-state index in [1.165, 1.54) is 0 Å². The van der Waals surface area contributed by atoms with Gasteiger partial charge in [-0.05, 0) is 47.8 Å². The first-order valence-corrected chi connectivity index (χ1v) is 7.75. The lowest BCUT2D eigenvalue weighted by atomic mass is 10.1. The molecule has 1 fully saturated rings. The summed E-state index contributed by atoms with van der Waals surface area (Å²) in [5.74, 6) is 0.963. The summed E-state index contributed by atoms with van der Waals surface area (Å²) in [4.78, 5) is 6.66. The Balaban J connectivity index is 1.85. The molecule has 4 nitrogen and oxygen atoms in total. The summed E-state index contributed by atoms with van der Waals surface area (Å²) in [7, 11) is 0. The third-order valence-electron chi connectivity index (χ3n) is 3.23. The van der Waals surface area contributed by atoms with Crippen molar-refractivity contribution in [2.45, 2.75) is 25.4 Å². The number of pyridine rings is 1. The van der Waals surface area contributed by atoms with Crippen molar-refractivity contribution in [2.75, 3.05) is 31.1 Å². The van der Waals surface area contributed by atoms with Crippen molar-refractivity contribution in [2.24, 2.45) is 5.73 Å². The summed E-state index contributed by atoms with van der Waals surface area (Å²) in [5, 5.41) is 0.649. The van der Waals surface area contributed by atoms with Crippen LogP contribution in [0.1, 0.15) is 19.3 Å². The van der Waals surface area contributed by atoms with Gasteiger partial charge in [-0.1, -0.05) is 11.6 Å². The molecule has 0 saturated carbocycles. The van der Waals surface area contributed by atoms with Crippen LogP contribution in [0.4, 0.5) is 5.82 Å². The average molecular weight is 349 g/mol. The first-order valence-electron chi connectivity index (χ1n) is 6.58. The Morgan fingerprint density at radius 1 is 1.47 bits per heavy atom. The second-order valence-electron chi connectivity index (χ2n) is 4.66. The van der Waals surface area contributed by atoms with E-state index in [-0.39, 0.29) is 0 Å². The lowest BCUT2D eigenvalue weighted by molar-refractivity contribution is 0.0365. The molecule has 0 spiro atoms. The van der Waals surface area contributed by atoms with Crippen molar-refractivity contribution in [3.63, 3.8) is 0 Å². The molecule has 6 heteroatoms. The van der Waals surface area contributed by atoms with Gasteiger partial charge in [-0.2, -0.15) is 0 Å². The highest BCUT2D eigenvalue weighted by atomic mass is 79.9. The maximum Gasteiger partial charge on any atom is 0.142 e. The van der Waals surface area contributed by atoms with Gasteiger partial charge in [0.25, 0.3) is 0 Å². The summed E-state index contributed by atoms with van der Waals surface area (Å²) in [6, 6.07) is 1.88. The van der Waals surface area contributed by atoms with Crippen LogP contribution in [0.3, 0.4) is 0 Å². The molecule has 0 amide bonds. The van der Waals surface area contributed by atoms with Crippen molar-refractivity contribution in [1.82, 2.24) is 4.98 Å². The van der Waals surface area contributed by atoms with Gasteiger partial charge in [0.1, 0.15) is 5.82 Å². The predicted molar refractivity (Wildman–Crippen MR) is 81.8 cm³/mol. The number of halogens is 2. The molecule has 2 heterocycles. The Morgan fingerprint density at radius 3 is 2.84 bits per heavy atom. The van der Waals surface area contributed by atoms with E-state index < -0.39 is 0 Å². The Morgan fingerprint density at radius 2 is 2.21 bits per heavy atom. The normalized spacial score (nSPS) is 16.9. The topological polar surface area (TPSA) is 51.4 Å². The molecule has 1 aromatic rings. The molecule has 1 aromatic heterocycles. The van der Waals surface area contributed by atoms with Crippen LogP contribution >= 0.6 is 27.5 Å². The lowest BCUT2D eigenvalue weighted by Crippen LogP contribution is -2.37. The van der Waals surface area contributed by atoms with Crippen LogP contribution in [0.5, 0.6) is 0 Å². The number of piperidine rings is 1. The zero-order valence-corrected chi connectivity index (χ0v) is 13.2. The van der Waals surface area contributed by atoms with Gasteiger partial charge < -0.3 is 15.4 Å². The maximum absolute atomic E-state index is 5.91. The highest BCUT2D eigenvalue weighted by Gasteiger charge is 2.21. The number of aromatic nitrogens is 1. The van der Waals surface area contributed by atoms with Crippen LogP contribution in [0.25, 0.3) is 0 Å².